The van der Waals surface area contributed by atoms with Gasteiger partial charge in [0.2, 0.25) is 5.95 Å². The molecule has 0 fully saturated rings. The Labute approximate surface area is 150 Å². The van der Waals surface area contributed by atoms with Crippen LogP contribution in [0.2, 0.25) is 0 Å². The predicted molar refractivity (Wildman–Crippen MR) is 104 cm³/mol. The summed E-state index contributed by atoms with van der Waals surface area (Å²) in [6, 6.07) is 8.04. The SMILES string of the molecule is CNCCC[C@@H](C)c1cc(Nc2nc(C)cc(NC)n2)ccc1OC. The first kappa shape index (κ1) is 19.0. The Morgan fingerprint density at radius 2 is 1.96 bits per heavy atom. The highest BCUT2D eigenvalue weighted by Crippen LogP contribution is 2.32. The standard InChI is InChI=1S/C19H29N5O/c1-13(7-6-10-20-3)16-12-15(8-9-17(16)25-5)23-19-22-14(2)11-18(21-4)24-19/h8-9,11-13,20H,6-7,10H2,1-5H3,(H2,21,22,23,24)/t13-/m1/s1. The minimum absolute atomic E-state index is 0.413. The molecular weight excluding hydrogens is 314 g/mol. The number of methoxy groups -OCH3 is 1. The van der Waals surface area contributed by atoms with Crippen LogP contribution in [0.3, 0.4) is 0 Å². The average molecular weight is 343 g/mol. The summed E-state index contributed by atoms with van der Waals surface area (Å²) < 4.78 is 5.55. The van der Waals surface area contributed by atoms with Crippen molar-refractivity contribution in [2.45, 2.75) is 32.6 Å². The first-order chi connectivity index (χ1) is 12.1. The first-order valence-corrected chi connectivity index (χ1v) is 8.70. The van der Waals surface area contributed by atoms with Crippen molar-refractivity contribution in [2.75, 3.05) is 38.4 Å². The maximum atomic E-state index is 5.55. The third kappa shape index (κ3) is 5.32. The minimum atomic E-state index is 0.413. The molecule has 2 aromatic rings. The van der Waals surface area contributed by atoms with Crippen molar-refractivity contribution >= 4 is 17.5 Å². The lowest BCUT2D eigenvalue weighted by molar-refractivity contribution is 0.404. The fourth-order valence-electron chi connectivity index (χ4n) is 2.82. The van der Waals surface area contributed by atoms with Crippen molar-refractivity contribution < 1.29 is 4.74 Å². The Balaban J connectivity index is 2.21. The molecule has 6 nitrogen and oxygen atoms in total. The number of hydrogen-bond donors (Lipinski definition) is 3. The second-order valence-corrected chi connectivity index (χ2v) is 6.20. The summed E-state index contributed by atoms with van der Waals surface area (Å²) in [6.07, 6.45) is 2.23. The van der Waals surface area contributed by atoms with Crippen molar-refractivity contribution in [3.05, 3.63) is 35.5 Å². The number of aryl methyl sites for hydroxylation is 1. The van der Waals surface area contributed by atoms with Gasteiger partial charge in [0, 0.05) is 24.5 Å². The zero-order valence-corrected chi connectivity index (χ0v) is 15.8. The van der Waals surface area contributed by atoms with E-state index in [1.165, 1.54) is 5.56 Å². The Bertz CT molecular complexity index is 690. The van der Waals surface area contributed by atoms with Gasteiger partial charge in [-0.1, -0.05) is 6.92 Å². The van der Waals surface area contributed by atoms with Crippen LogP contribution in [0.5, 0.6) is 5.75 Å². The molecule has 0 bridgehead atoms. The molecule has 1 aromatic heterocycles. The van der Waals surface area contributed by atoms with Crippen molar-refractivity contribution in [2.24, 2.45) is 0 Å². The van der Waals surface area contributed by atoms with Gasteiger partial charge in [0.1, 0.15) is 11.6 Å². The number of nitrogens with one attached hydrogen (secondary N) is 3. The molecule has 0 amide bonds. The molecule has 0 saturated carbocycles. The zero-order valence-electron chi connectivity index (χ0n) is 15.8. The van der Waals surface area contributed by atoms with Crippen molar-refractivity contribution in [1.82, 2.24) is 15.3 Å². The van der Waals surface area contributed by atoms with Crippen LogP contribution in [-0.2, 0) is 0 Å². The molecule has 6 heteroatoms. The molecular formula is C19H29N5O. The van der Waals surface area contributed by atoms with Crippen LogP contribution in [0.4, 0.5) is 17.5 Å². The predicted octanol–water partition coefficient (Wildman–Crippen LogP) is 3.68. The second-order valence-electron chi connectivity index (χ2n) is 6.20. The fourth-order valence-corrected chi connectivity index (χ4v) is 2.82. The summed E-state index contributed by atoms with van der Waals surface area (Å²) in [7, 11) is 5.55. The van der Waals surface area contributed by atoms with Crippen LogP contribution in [0.25, 0.3) is 0 Å². The minimum Gasteiger partial charge on any atom is -0.496 e. The van der Waals surface area contributed by atoms with E-state index in [1.54, 1.807) is 7.11 Å². The Morgan fingerprint density at radius 1 is 1.16 bits per heavy atom. The van der Waals surface area contributed by atoms with Crippen molar-refractivity contribution in [3.8, 4) is 5.75 Å². The van der Waals surface area contributed by atoms with Gasteiger partial charge in [-0.05, 0) is 63.0 Å². The van der Waals surface area contributed by atoms with Gasteiger partial charge in [0.25, 0.3) is 0 Å². The molecule has 136 valence electrons. The second kappa shape index (κ2) is 9.22. The van der Waals surface area contributed by atoms with Crippen LogP contribution in [0, 0.1) is 6.92 Å². The summed E-state index contributed by atoms with van der Waals surface area (Å²) >= 11 is 0. The molecule has 0 spiro atoms. The lowest BCUT2D eigenvalue weighted by Crippen LogP contribution is -2.09. The van der Waals surface area contributed by atoms with Crippen LogP contribution >= 0.6 is 0 Å². The van der Waals surface area contributed by atoms with E-state index in [9.17, 15) is 0 Å². The van der Waals surface area contributed by atoms with E-state index < -0.39 is 0 Å². The molecule has 0 saturated heterocycles. The highest BCUT2D eigenvalue weighted by Gasteiger charge is 2.13. The molecule has 3 N–H and O–H groups in total. The summed E-state index contributed by atoms with van der Waals surface area (Å²) in [4.78, 5) is 8.91. The highest BCUT2D eigenvalue weighted by atomic mass is 16.5. The summed E-state index contributed by atoms with van der Waals surface area (Å²) in [6.45, 7) is 5.21. The largest absolute Gasteiger partial charge is 0.496 e. The van der Waals surface area contributed by atoms with E-state index in [0.29, 0.717) is 11.9 Å². The monoisotopic (exact) mass is 343 g/mol. The number of benzene rings is 1. The molecule has 0 aliphatic rings. The molecule has 1 atom stereocenters. The van der Waals surface area contributed by atoms with Crippen LogP contribution < -0.4 is 20.7 Å². The molecule has 0 aliphatic heterocycles. The van der Waals surface area contributed by atoms with E-state index in [2.05, 4.69) is 38.9 Å². The third-order valence-electron chi connectivity index (χ3n) is 4.19. The number of hydrogen-bond acceptors (Lipinski definition) is 6. The summed E-state index contributed by atoms with van der Waals surface area (Å²) in [5.74, 6) is 2.72. The summed E-state index contributed by atoms with van der Waals surface area (Å²) in [5.41, 5.74) is 3.07. The van der Waals surface area contributed by atoms with E-state index in [0.717, 1.165) is 42.3 Å². The Hall–Kier alpha value is -2.34. The van der Waals surface area contributed by atoms with Gasteiger partial charge in [-0.15, -0.1) is 0 Å². The molecule has 0 unspecified atom stereocenters. The molecule has 0 aliphatic carbocycles. The van der Waals surface area contributed by atoms with E-state index >= 15 is 0 Å². The van der Waals surface area contributed by atoms with Gasteiger partial charge in [-0.3, -0.25) is 0 Å². The van der Waals surface area contributed by atoms with Crippen molar-refractivity contribution in [3.63, 3.8) is 0 Å². The van der Waals surface area contributed by atoms with Gasteiger partial charge < -0.3 is 20.7 Å². The average Bonchev–Trinajstić information content (AvgIpc) is 2.61. The van der Waals surface area contributed by atoms with Gasteiger partial charge in [0.05, 0.1) is 7.11 Å². The van der Waals surface area contributed by atoms with Crippen LogP contribution in [0.15, 0.2) is 24.3 Å². The topological polar surface area (TPSA) is 71.1 Å². The number of anilines is 3. The van der Waals surface area contributed by atoms with Gasteiger partial charge in [-0.2, -0.15) is 4.98 Å². The first-order valence-electron chi connectivity index (χ1n) is 8.70. The van der Waals surface area contributed by atoms with E-state index in [1.807, 2.05) is 39.2 Å². The van der Waals surface area contributed by atoms with Crippen LogP contribution in [-0.4, -0.2) is 37.7 Å². The summed E-state index contributed by atoms with van der Waals surface area (Å²) in [5, 5.41) is 9.55. The highest BCUT2D eigenvalue weighted by molar-refractivity contribution is 5.59. The molecule has 25 heavy (non-hydrogen) atoms. The number of ether oxygens (including phenoxy) is 1. The smallest absolute Gasteiger partial charge is 0.229 e. The fraction of sp³-hybridized carbons (Fsp3) is 0.474. The number of rotatable bonds is 9. The van der Waals surface area contributed by atoms with Crippen LogP contribution in [0.1, 0.15) is 36.9 Å². The zero-order chi connectivity index (χ0) is 18.2. The van der Waals surface area contributed by atoms with E-state index in [4.69, 9.17) is 4.74 Å². The lowest BCUT2D eigenvalue weighted by atomic mass is 9.94. The van der Waals surface area contributed by atoms with Gasteiger partial charge in [0.15, 0.2) is 0 Å². The Kier molecular flexibility index (Phi) is 7.01. The molecule has 1 aromatic carbocycles. The van der Waals surface area contributed by atoms with E-state index in [-0.39, 0.29) is 0 Å². The molecule has 0 radical (unpaired) electrons. The normalized spacial score (nSPS) is 11.9. The maximum absolute atomic E-state index is 5.55. The number of aromatic nitrogens is 2. The Morgan fingerprint density at radius 3 is 2.64 bits per heavy atom. The van der Waals surface area contributed by atoms with Gasteiger partial charge in [-0.25, -0.2) is 4.98 Å². The lowest BCUT2D eigenvalue weighted by Gasteiger charge is -2.17. The number of nitrogens with zero attached hydrogens (tertiary/aromatic N) is 2. The van der Waals surface area contributed by atoms with Gasteiger partial charge >= 0.3 is 0 Å². The maximum Gasteiger partial charge on any atom is 0.229 e. The molecule has 2 rings (SSSR count). The van der Waals surface area contributed by atoms with Crippen molar-refractivity contribution in [1.29, 1.82) is 0 Å². The molecule has 1 heterocycles. The third-order valence-corrected chi connectivity index (χ3v) is 4.19. The quantitative estimate of drug-likeness (QED) is 0.603.